The summed E-state index contributed by atoms with van der Waals surface area (Å²) in [6.07, 6.45) is -0.0164. The Balaban J connectivity index is 1.61. The zero-order valence-electron chi connectivity index (χ0n) is 13.7. The molecule has 9 heteroatoms. The summed E-state index contributed by atoms with van der Waals surface area (Å²) in [4.78, 5) is 37.9. The number of anilines is 2. The molecule has 1 aliphatic rings. The second-order valence-electron chi connectivity index (χ2n) is 5.75. The van der Waals surface area contributed by atoms with Crippen LogP contribution in [0, 0.1) is 5.82 Å². The van der Waals surface area contributed by atoms with E-state index < -0.39 is 17.0 Å². The van der Waals surface area contributed by atoms with Crippen molar-refractivity contribution < 1.29 is 18.8 Å². The molecular formula is C18H13Cl2FN2O3S. The standard InChI is InChI=1S/C18H13Cl2FN2O3S/c19-10-5-11(20)7-14(6-10)23-17(25)8-15(18(23)26)27-9-16(24)22-13-3-1-12(21)2-4-13/h1-7,15H,8-9H2,(H,22,24)/t15-/m0/s1. The number of nitrogens with one attached hydrogen (secondary N) is 1. The number of carbonyl (C=O) groups is 3. The highest BCUT2D eigenvalue weighted by Gasteiger charge is 2.40. The number of hydrogen-bond donors (Lipinski definition) is 1. The second-order valence-corrected chi connectivity index (χ2v) is 7.82. The molecule has 0 radical (unpaired) electrons. The van der Waals surface area contributed by atoms with E-state index >= 15 is 0 Å². The first-order valence-electron chi connectivity index (χ1n) is 7.83. The first kappa shape index (κ1) is 19.7. The molecule has 1 aliphatic heterocycles. The zero-order chi connectivity index (χ0) is 19.6. The minimum atomic E-state index is -0.672. The summed E-state index contributed by atoms with van der Waals surface area (Å²) < 4.78 is 12.9. The van der Waals surface area contributed by atoms with Crippen LogP contribution in [0.25, 0.3) is 0 Å². The van der Waals surface area contributed by atoms with E-state index in [0.717, 1.165) is 16.7 Å². The fourth-order valence-corrected chi connectivity index (χ4v) is 4.03. The first-order valence-corrected chi connectivity index (χ1v) is 9.64. The topological polar surface area (TPSA) is 66.5 Å². The lowest BCUT2D eigenvalue weighted by Crippen LogP contribution is -2.31. The highest BCUT2D eigenvalue weighted by atomic mass is 35.5. The van der Waals surface area contributed by atoms with Gasteiger partial charge in [0.15, 0.2) is 0 Å². The van der Waals surface area contributed by atoms with Crippen molar-refractivity contribution in [3.05, 3.63) is 58.3 Å². The number of thioether (sulfide) groups is 1. The molecule has 140 valence electrons. The predicted molar refractivity (Wildman–Crippen MR) is 105 cm³/mol. The number of carbonyl (C=O) groups excluding carboxylic acids is 3. The number of halogens is 3. The molecule has 3 rings (SSSR count). The van der Waals surface area contributed by atoms with Crippen LogP contribution in [0.1, 0.15) is 6.42 Å². The van der Waals surface area contributed by atoms with E-state index in [1.54, 1.807) is 0 Å². The van der Waals surface area contributed by atoms with Crippen LogP contribution in [-0.4, -0.2) is 28.7 Å². The van der Waals surface area contributed by atoms with E-state index in [4.69, 9.17) is 23.2 Å². The normalized spacial score (nSPS) is 16.7. The molecular weight excluding hydrogens is 414 g/mol. The van der Waals surface area contributed by atoms with Crippen LogP contribution in [0.4, 0.5) is 15.8 Å². The van der Waals surface area contributed by atoms with Gasteiger partial charge in [-0.3, -0.25) is 14.4 Å². The van der Waals surface area contributed by atoms with Crippen molar-refractivity contribution in [2.45, 2.75) is 11.7 Å². The van der Waals surface area contributed by atoms with E-state index in [1.165, 1.54) is 42.5 Å². The minimum absolute atomic E-state index is 0.0164. The lowest BCUT2D eigenvalue weighted by atomic mass is 10.3. The molecule has 2 aromatic carbocycles. The molecule has 2 aromatic rings. The van der Waals surface area contributed by atoms with Crippen LogP contribution >= 0.6 is 35.0 Å². The third-order valence-electron chi connectivity index (χ3n) is 3.75. The second kappa shape index (κ2) is 8.29. The summed E-state index contributed by atoms with van der Waals surface area (Å²) in [5, 5.41) is 2.56. The minimum Gasteiger partial charge on any atom is -0.325 e. The van der Waals surface area contributed by atoms with Crippen LogP contribution in [0.2, 0.25) is 10.0 Å². The molecule has 0 aromatic heterocycles. The van der Waals surface area contributed by atoms with Gasteiger partial charge >= 0.3 is 0 Å². The highest BCUT2D eigenvalue weighted by Crippen LogP contribution is 2.32. The van der Waals surface area contributed by atoms with Crippen molar-refractivity contribution in [3.63, 3.8) is 0 Å². The summed E-state index contributed by atoms with van der Waals surface area (Å²) in [6, 6.07) is 9.81. The Hall–Kier alpha value is -2.09. The van der Waals surface area contributed by atoms with Crippen molar-refractivity contribution in [3.8, 4) is 0 Å². The largest absolute Gasteiger partial charge is 0.325 e. The predicted octanol–water partition coefficient (Wildman–Crippen LogP) is 4.14. The van der Waals surface area contributed by atoms with Gasteiger partial charge in [-0.1, -0.05) is 23.2 Å². The van der Waals surface area contributed by atoms with Crippen molar-refractivity contribution in [2.24, 2.45) is 0 Å². The van der Waals surface area contributed by atoms with Crippen LogP contribution in [0.5, 0.6) is 0 Å². The van der Waals surface area contributed by atoms with Gasteiger partial charge in [0.05, 0.1) is 16.7 Å². The fourth-order valence-electron chi connectivity index (χ4n) is 2.58. The van der Waals surface area contributed by atoms with Gasteiger partial charge in [-0.15, -0.1) is 11.8 Å². The van der Waals surface area contributed by atoms with Gasteiger partial charge in [0, 0.05) is 22.2 Å². The SMILES string of the molecule is O=C(CS[C@H]1CC(=O)N(c2cc(Cl)cc(Cl)c2)C1=O)Nc1ccc(F)cc1. The van der Waals surface area contributed by atoms with Crippen molar-refractivity contribution >= 4 is 64.1 Å². The number of amides is 3. The molecule has 0 aliphatic carbocycles. The lowest BCUT2D eigenvalue weighted by Gasteiger charge is -2.15. The van der Waals surface area contributed by atoms with Crippen molar-refractivity contribution in [1.29, 1.82) is 0 Å². The number of hydrogen-bond acceptors (Lipinski definition) is 4. The van der Waals surface area contributed by atoms with E-state index in [2.05, 4.69) is 5.32 Å². The average molecular weight is 427 g/mol. The molecule has 0 spiro atoms. The Kier molecular flexibility index (Phi) is 6.04. The summed E-state index contributed by atoms with van der Waals surface area (Å²) in [5.74, 6) is -1.58. The smallest absolute Gasteiger partial charge is 0.247 e. The van der Waals surface area contributed by atoms with Gasteiger partial charge in [0.25, 0.3) is 0 Å². The maximum absolute atomic E-state index is 12.9. The van der Waals surface area contributed by atoms with E-state index in [0.29, 0.717) is 21.4 Å². The quantitative estimate of drug-likeness (QED) is 0.729. The third kappa shape index (κ3) is 4.80. The van der Waals surface area contributed by atoms with Crippen LogP contribution in [0.15, 0.2) is 42.5 Å². The Morgan fingerprint density at radius 2 is 1.78 bits per heavy atom. The Labute approximate surface area is 168 Å². The molecule has 3 amide bonds. The van der Waals surface area contributed by atoms with Crippen LogP contribution in [-0.2, 0) is 14.4 Å². The average Bonchev–Trinajstić information content (AvgIpc) is 2.88. The monoisotopic (exact) mass is 426 g/mol. The summed E-state index contributed by atoms with van der Waals surface area (Å²) in [5.41, 5.74) is 0.757. The van der Waals surface area contributed by atoms with Gasteiger partial charge in [-0.2, -0.15) is 0 Å². The Morgan fingerprint density at radius 1 is 1.15 bits per heavy atom. The molecule has 5 nitrogen and oxygen atoms in total. The summed E-state index contributed by atoms with van der Waals surface area (Å²) in [6.45, 7) is 0. The van der Waals surface area contributed by atoms with Crippen molar-refractivity contribution in [2.75, 3.05) is 16.0 Å². The van der Waals surface area contributed by atoms with Gasteiger partial charge in [-0.05, 0) is 42.5 Å². The van der Waals surface area contributed by atoms with Gasteiger partial charge in [-0.25, -0.2) is 9.29 Å². The van der Waals surface area contributed by atoms with Gasteiger partial charge < -0.3 is 5.32 Å². The van der Waals surface area contributed by atoms with Crippen molar-refractivity contribution in [1.82, 2.24) is 0 Å². The summed E-state index contributed by atoms with van der Waals surface area (Å²) >= 11 is 12.9. The van der Waals surface area contributed by atoms with Gasteiger partial charge in [0.2, 0.25) is 17.7 Å². The molecule has 1 saturated heterocycles. The van der Waals surface area contributed by atoms with Crippen LogP contribution in [0.3, 0.4) is 0 Å². The highest BCUT2D eigenvalue weighted by molar-refractivity contribution is 8.01. The molecule has 0 bridgehead atoms. The molecule has 1 fully saturated rings. The molecule has 1 heterocycles. The molecule has 27 heavy (non-hydrogen) atoms. The Bertz CT molecular complexity index is 888. The number of imide groups is 1. The van der Waals surface area contributed by atoms with Crippen LogP contribution < -0.4 is 10.2 Å². The summed E-state index contributed by atoms with van der Waals surface area (Å²) in [7, 11) is 0. The van der Waals surface area contributed by atoms with Gasteiger partial charge in [0.1, 0.15) is 5.82 Å². The third-order valence-corrected chi connectivity index (χ3v) is 5.39. The number of benzene rings is 2. The number of rotatable bonds is 5. The zero-order valence-corrected chi connectivity index (χ0v) is 16.1. The van der Waals surface area contributed by atoms with E-state index in [9.17, 15) is 18.8 Å². The first-order chi connectivity index (χ1) is 12.8. The lowest BCUT2D eigenvalue weighted by molar-refractivity contribution is -0.121. The molecule has 0 unspecified atom stereocenters. The molecule has 1 N–H and O–H groups in total. The van der Waals surface area contributed by atoms with E-state index in [1.807, 2.05) is 0 Å². The maximum atomic E-state index is 12.9. The van der Waals surface area contributed by atoms with E-state index in [-0.39, 0.29) is 24.0 Å². The fraction of sp³-hybridized carbons (Fsp3) is 0.167. The molecule has 1 atom stereocenters. The number of nitrogens with zero attached hydrogens (tertiary/aromatic N) is 1. The maximum Gasteiger partial charge on any atom is 0.247 e. The Morgan fingerprint density at radius 3 is 2.41 bits per heavy atom. The molecule has 0 saturated carbocycles.